The van der Waals surface area contributed by atoms with E-state index in [4.69, 9.17) is 0 Å². The first kappa shape index (κ1) is 13.9. The fourth-order valence-electron chi connectivity index (χ4n) is 1.33. The van der Waals surface area contributed by atoms with Crippen molar-refractivity contribution in [2.75, 3.05) is 6.54 Å². The van der Waals surface area contributed by atoms with Gasteiger partial charge in [0, 0.05) is 12.1 Å². The van der Waals surface area contributed by atoms with Crippen molar-refractivity contribution >= 4 is 18.7 Å². The van der Waals surface area contributed by atoms with Crippen LogP contribution in [-0.2, 0) is 0 Å². The SMILES string of the molecule is CCN(C(C)C)C(C)C.[B]Cl. The maximum Gasteiger partial charge on any atom is 0.214 e. The Morgan fingerprint density at radius 2 is 1.36 bits per heavy atom. The van der Waals surface area contributed by atoms with Crippen LogP contribution in [0.1, 0.15) is 34.6 Å². The minimum atomic E-state index is 0.690. The molecule has 0 saturated carbocycles. The lowest BCUT2D eigenvalue weighted by atomic mass is 10.2. The van der Waals surface area contributed by atoms with Crippen LogP contribution >= 0.6 is 11.5 Å². The first-order valence-corrected chi connectivity index (χ1v) is 4.50. The van der Waals surface area contributed by atoms with Crippen molar-refractivity contribution in [1.29, 1.82) is 0 Å². The molecule has 11 heavy (non-hydrogen) atoms. The molecule has 0 aliphatic carbocycles. The summed E-state index contributed by atoms with van der Waals surface area (Å²) in [6.45, 7) is 12.3. The van der Waals surface area contributed by atoms with Gasteiger partial charge >= 0.3 is 0 Å². The Hall–Kier alpha value is 0.315. The van der Waals surface area contributed by atoms with Crippen molar-refractivity contribution in [2.45, 2.75) is 46.7 Å². The van der Waals surface area contributed by atoms with E-state index in [1.54, 1.807) is 0 Å². The lowest BCUT2D eigenvalue weighted by Crippen LogP contribution is -2.36. The normalized spacial score (nSPS) is 10.3. The summed E-state index contributed by atoms with van der Waals surface area (Å²) in [5.74, 6) is 0. The van der Waals surface area contributed by atoms with Crippen LogP contribution in [0.4, 0.5) is 0 Å². The molecule has 66 valence electrons. The minimum Gasteiger partial charge on any atom is -0.299 e. The summed E-state index contributed by atoms with van der Waals surface area (Å²) >= 11 is 4.14. The summed E-state index contributed by atoms with van der Waals surface area (Å²) in [6.07, 6.45) is 0. The third-order valence-corrected chi connectivity index (χ3v) is 1.69. The van der Waals surface area contributed by atoms with Gasteiger partial charge in [-0.1, -0.05) is 6.92 Å². The zero-order valence-corrected chi connectivity index (χ0v) is 9.02. The second-order valence-corrected chi connectivity index (χ2v) is 3.02. The summed E-state index contributed by atoms with van der Waals surface area (Å²) in [6, 6.07) is 1.38. The Kier molecular flexibility index (Phi) is 10.6. The number of hydrogen-bond donors (Lipinski definition) is 0. The van der Waals surface area contributed by atoms with Crippen molar-refractivity contribution in [1.82, 2.24) is 4.90 Å². The lowest BCUT2D eigenvalue weighted by Gasteiger charge is -2.28. The van der Waals surface area contributed by atoms with Crippen LogP contribution in [0, 0.1) is 0 Å². The summed E-state index contributed by atoms with van der Waals surface area (Å²) in [4.78, 5) is 2.46. The van der Waals surface area contributed by atoms with Gasteiger partial charge in [-0.05, 0) is 34.2 Å². The summed E-state index contributed by atoms with van der Waals surface area (Å²) in [5, 5.41) is 0. The maximum absolute atomic E-state index is 4.14. The van der Waals surface area contributed by atoms with Crippen molar-refractivity contribution in [3.63, 3.8) is 0 Å². The van der Waals surface area contributed by atoms with E-state index >= 15 is 0 Å². The van der Waals surface area contributed by atoms with Crippen LogP contribution in [0.2, 0.25) is 0 Å². The number of halogens is 1. The van der Waals surface area contributed by atoms with E-state index < -0.39 is 0 Å². The quantitative estimate of drug-likeness (QED) is 0.596. The Labute approximate surface area is 77.4 Å². The van der Waals surface area contributed by atoms with Gasteiger partial charge in [0.15, 0.2) is 0 Å². The van der Waals surface area contributed by atoms with Crippen LogP contribution < -0.4 is 0 Å². The summed E-state index contributed by atoms with van der Waals surface area (Å²) in [7, 11) is 3.97. The third kappa shape index (κ3) is 6.70. The molecule has 2 radical (unpaired) electrons. The molecule has 1 nitrogen and oxygen atoms in total. The van der Waals surface area contributed by atoms with E-state index in [9.17, 15) is 0 Å². The Morgan fingerprint density at radius 3 is 1.36 bits per heavy atom. The molecule has 3 heteroatoms. The first-order chi connectivity index (χ1) is 5.09. The van der Waals surface area contributed by atoms with Gasteiger partial charge in [-0.15, -0.1) is 0 Å². The molecule has 0 aromatic carbocycles. The zero-order valence-electron chi connectivity index (χ0n) is 8.26. The molecular formula is C8H19BClN. The van der Waals surface area contributed by atoms with Crippen LogP contribution in [0.5, 0.6) is 0 Å². The van der Waals surface area contributed by atoms with Crippen LogP contribution in [0.3, 0.4) is 0 Å². The summed E-state index contributed by atoms with van der Waals surface area (Å²) in [5.41, 5.74) is 0. The zero-order chi connectivity index (χ0) is 9.44. The van der Waals surface area contributed by atoms with Crippen molar-refractivity contribution in [3.05, 3.63) is 0 Å². The van der Waals surface area contributed by atoms with Gasteiger partial charge in [-0.25, -0.2) is 11.5 Å². The molecule has 0 bridgehead atoms. The Bertz CT molecular complexity index is 68.5. The fraction of sp³-hybridized carbons (Fsp3) is 1.00. The Morgan fingerprint density at radius 1 is 1.09 bits per heavy atom. The van der Waals surface area contributed by atoms with Gasteiger partial charge in [0.05, 0.1) is 0 Å². The molecule has 0 spiro atoms. The van der Waals surface area contributed by atoms with E-state index in [0.717, 1.165) is 6.54 Å². The van der Waals surface area contributed by atoms with E-state index in [1.807, 2.05) is 0 Å². The number of hydrogen-bond acceptors (Lipinski definition) is 1. The van der Waals surface area contributed by atoms with Crippen LogP contribution in [0.25, 0.3) is 0 Å². The highest BCUT2D eigenvalue weighted by Gasteiger charge is 2.08. The maximum atomic E-state index is 4.14. The molecule has 0 saturated heterocycles. The fourth-order valence-corrected chi connectivity index (χ4v) is 1.33. The van der Waals surface area contributed by atoms with Gasteiger partial charge in [0.2, 0.25) is 7.26 Å². The molecule has 0 atom stereocenters. The van der Waals surface area contributed by atoms with Crippen LogP contribution in [0.15, 0.2) is 0 Å². The molecule has 0 unspecified atom stereocenters. The highest BCUT2D eigenvalue weighted by Crippen LogP contribution is 2.02. The van der Waals surface area contributed by atoms with E-state index in [0.29, 0.717) is 12.1 Å². The average molecular weight is 176 g/mol. The molecule has 0 N–H and O–H groups in total. The predicted molar refractivity (Wildman–Crippen MR) is 54.3 cm³/mol. The predicted octanol–water partition coefficient (Wildman–Crippen LogP) is 2.43. The van der Waals surface area contributed by atoms with Gasteiger partial charge in [-0.3, -0.25) is 4.90 Å². The van der Waals surface area contributed by atoms with Gasteiger partial charge in [0.1, 0.15) is 0 Å². The highest BCUT2D eigenvalue weighted by molar-refractivity contribution is 6.80. The molecular weight excluding hydrogens is 156 g/mol. The largest absolute Gasteiger partial charge is 0.299 e. The minimum absolute atomic E-state index is 0.690. The van der Waals surface area contributed by atoms with Gasteiger partial charge < -0.3 is 0 Å². The molecule has 0 heterocycles. The molecule has 0 aromatic heterocycles. The van der Waals surface area contributed by atoms with Crippen molar-refractivity contribution < 1.29 is 0 Å². The lowest BCUT2D eigenvalue weighted by molar-refractivity contribution is 0.185. The number of nitrogens with zero attached hydrogens (tertiary/aromatic N) is 1. The third-order valence-electron chi connectivity index (χ3n) is 1.69. The molecule has 0 fully saturated rings. The standard InChI is InChI=1S/C8H19N.BCl/c1-6-9(7(2)3)8(4)5;1-2/h7-8H,6H2,1-5H3;. The topological polar surface area (TPSA) is 3.24 Å². The monoisotopic (exact) mass is 175 g/mol. The Balaban J connectivity index is 0. The van der Waals surface area contributed by atoms with E-state index in [1.165, 1.54) is 0 Å². The van der Waals surface area contributed by atoms with E-state index in [2.05, 4.69) is 58.2 Å². The second kappa shape index (κ2) is 8.41. The van der Waals surface area contributed by atoms with Crippen molar-refractivity contribution in [3.8, 4) is 0 Å². The van der Waals surface area contributed by atoms with Crippen LogP contribution in [-0.4, -0.2) is 30.8 Å². The molecule has 0 rings (SSSR count). The first-order valence-electron chi connectivity index (χ1n) is 4.07. The number of rotatable bonds is 3. The highest BCUT2D eigenvalue weighted by atomic mass is 35.5. The molecule has 0 aliphatic rings. The molecule has 0 amide bonds. The average Bonchev–Trinajstić information content (AvgIpc) is 1.91. The van der Waals surface area contributed by atoms with Crippen molar-refractivity contribution in [2.24, 2.45) is 0 Å². The summed E-state index contributed by atoms with van der Waals surface area (Å²) < 4.78 is 0. The van der Waals surface area contributed by atoms with E-state index in [-0.39, 0.29) is 0 Å². The van der Waals surface area contributed by atoms with Gasteiger partial charge in [0.25, 0.3) is 0 Å². The smallest absolute Gasteiger partial charge is 0.214 e. The molecule has 0 aromatic rings. The molecule has 0 aliphatic heterocycles. The van der Waals surface area contributed by atoms with Gasteiger partial charge in [-0.2, -0.15) is 0 Å². The second-order valence-electron chi connectivity index (χ2n) is 3.02.